The molecule has 0 aliphatic rings. The van der Waals surface area contributed by atoms with Gasteiger partial charge in [-0.2, -0.15) is 0 Å². The number of rotatable bonds is 4. The Labute approximate surface area is 82.8 Å². The average molecular weight is 215 g/mol. The van der Waals surface area contributed by atoms with Gasteiger partial charge in [0.15, 0.2) is 0 Å². The molecule has 1 aromatic rings. The molecule has 0 saturated carbocycles. The smallest absolute Gasteiger partial charge is 0.307 e. The van der Waals surface area contributed by atoms with Gasteiger partial charge in [0.2, 0.25) is 0 Å². The molecule has 0 saturated heterocycles. The van der Waals surface area contributed by atoms with Gasteiger partial charge in [0.25, 0.3) is 0 Å². The summed E-state index contributed by atoms with van der Waals surface area (Å²) in [4.78, 5) is 10.3. The van der Waals surface area contributed by atoms with Crippen LogP contribution in [0.3, 0.4) is 0 Å². The van der Waals surface area contributed by atoms with E-state index in [1.807, 2.05) is 0 Å². The van der Waals surface area contributed by atoms with Gasteiger partial charge in [-0.3, -0.25) is 4.79 Å². The summed E-state index contributed by atoms with van der Waals surface area (Å²) >= 11 is -2.60. The van der Waals surface area contributed by atoms with Crippen LogP contribution < -0.4 is 4.18 Å². The molecule has 0 radical (unpaired) electrons. The predicted molar refractivity (Wildman–Crippen MR) is 47.3 cm³/mol. The minimum absolute atomic E-state index is 0.0965. The molecule has 1 atom stereocenters. The summed E-state index contributed by atoms with van der Waals surface area (Å²) in [5, 5.41) is 8.45. The fourth-order valence-corrected chi connectivity index (χ4v) is 1.18. The normalized spacial score (nSPS) is 12.1. The molecule has 0 aliphatic heterocycles. The van der Waals surface area contributed by atoms with E-state index < -0.39 is 17.3 Å². The lowest BCUT2D eigenvalue weighted by molar-refractivity contribution is -0.136. The van der Waals surface area contributed by atoms with Gasteiger partial charge in [0.1, 0.15) is 17.1 Å². The second kappa shape index (κ2) is 4.73. The summed E-state index contributed by atoms with van der Waals surface area (Å²) in [6, 6.07) is 5.79. The SMILES string of the molecule is O=C(O)Cc1ccc(OS(=O)[O-])cc1. The molecule has 0 aromatic heterocycles. The van der Waals surface area contributed by atoms with E-state index >= 15 is 0 Å². The lowest BCUT2D eigenvalue weighted by atomic mass is 10.1. The Morgan fingerprint density at radius 2 is 2.00 bits per heavy atom. The first-order valence-electron chi connectivity index (χ1n) is 3.66. The van der Waals surface area contributed by atoms with Crippen LogP contribution in [0, 0.1) is 0 Å². The molecule has 1 unspecified atom stereocenters. The van der Waals surface area contributed by atoms with Crippen LogP contribution in [0.1, 0.15) is 5.56 Å². The van der Waals surface area contributed by atoms with Crippen molar-refractivity contribution in [3.63, 3.8) is 0 Å². The first kappa shape index (κ1) is 10.7. The van der Waals surface area contributed by atoms with E-state index in [1.54, 1.807) is 0 Å². The Morgan fingerprint density at radius 3 is 2.43 bits per heavy atom. The highest BCUT2D eigenvalue weighted by atomic mass is 32.2. The monoisotopic (exact) mass is 215 g/mol. The Hall–Kier alpha value is -1.40. The molecule has 0 amide bonds. The second-order valence-corrected chi connectivity index (χ2v) is 3.08. The van der Waals surface area contributed by atoms with Crippen molar-refractivity contribution in [3.05, 3.63) is 29.8 Å². The minimum Gasteiger partial charge on any atom is -0.740 e. The van der Waals surface area contributed by atoms with Gasteiger partial charge in [-0.25, -0.2) is 4.21 Å². The van der Waals surface area contributed by atoms with Crippen LogP contribution in [0.5, 0.6) is 5.75 Å². The fourth-order valence-electron chi connectivity index (χ4n) is 0.916. The van der Waals surface area contributed by atoms with Gasteiger partial charge < -0.3 is 13.8 Å². The highest BCUT2D eigenvalue weighted by Crippen LogP contribution is 2.13. The quantitative estimate of drug-likeness (QED) is 0.738. The van der Waals surface area contributed by atoms with Crippen molar-refractivity contribution < 1.29 is 22.8 Å². The predicted octanol–water partition coefficient (Wildman–Crippen LogP) is 0.487. The van der Waals surface area contributed by atoms with Crippen molar-refractivity contribution in [2.45, 2.75) is 6.42 Å². The van der Waals surface area contributed by atoms with E-state index in [0.29, 0.717) is 5.56 Å². The van der Waals surface area contributed by atoms with Gasteiger partial charge in [-0.15, -0.1) is 0 Å². The maximum absolute atomic E-state index is 10.3. The zero-order valence-corrected chi connectivity index (χ0v) is 7.82. The molecule has 0 aliphatic carbocycles. The van der Waals surface area contributed by atoms with Crippen molar-refractivity contribution in [3.8, 4) is 5.75 Å². The largest absolute Gasteiger partial charge is 0.740 e. The highest BCUT2D eigenvalue weighted by molar-refractivity contribution is 7.74. The average Bonchev–Trinajstić information content (AvgIpc) is 2.06. The molecular formula is C8H7O5S-. The summed E-state index contributed by atoms with van der Waals surface area (Å²) in [5.41, 5.74) is 0.585. The Bertz CT molecular complexity index is 310. The second-order valence-electron chi connectivity index (χ2n) is 2.50. The fraction of sp³-hybridized carbons (Fsp3) is 0.125. The van der Waals surface area contributed by atoms with E-state index in [1.165, 1.54) is 24.3 Å². The van der Waals surface area contributed by atoms with Crippen LogP contribution in [-0.2, 0) is 22.6 Å². The zero-order valence-electron chi connectivity index (χ0n) is 7.00. The third-order valence-corrected chi connectivity index (χ3v) is 1.77. The number of carboxylic acids is 1. The molecule has 1 aromatic carbocycles. The number of carbonyl (C=O) groups is 1. The van der Waals surface area contributed by atoms with Crippen LogP contribution in [0.2, 0.25) is 0 Å². The zero-order chi connectivity index (χ0) is 10.6. The number of hydrogen-bond donors (Lipinski definition) is 1. The molecule has 0 bridgehead atoms. The van der Waals surface area contributed by atoms with Gasteiger partial charge in [0, 0.05) is 0 Å². The first-order valence-corrected chi connectivity index (χ1v) is 4.66. The molecule has 0 spiro atoms. The van der Waals surface area contributed by atoms with Gasteiger partial charge in [-0.1, -0.05) is 12.1 Å². The number of aliphatic carboxylic acids is 1. The van der Waals surface area contributed by atoms with Crippen LogP contribution in [-0.4, -0.2) is 19.8 Å². The summed E-state index contributed by atoms with van der Waals surface area (Å²) in [6.07, 6.45) is -0.0965. The maximum atomic E-state index is 10.3. The lowest BCUT2D eigenvalue weighted by Gasteiger charge is -2.06. The number of hydrogen-bond acceptors (Lipinski definition) is 4. The third-order valence-electron chi connectivity index (χ3n) is 1.44. The topological polar surface area (TPSA) is 86.7 Å². The Morgan fingerprint density at radius 1 is 1.43 bits per heavy atom. The Kier molecular flexibility index (Phi) is 3.61. The summed E-state index contributed by atoms with van der Waals surface area (Å²) < 4.78 is 24.6. The van der Waals surface area contributed by atoms with Crippen LogP contribution in [0.25, 0.3) is 0 Å². The molecule has 14 heavy (non-hydrogen) atoms. The standard InChI is InChI=1S/C8H8O5S/c9-8(10)5-6-1-3-7(4-2-6)13-14(11)12/h1-4H,5H2,(H,9,10)(H,11,12)/p-1. The van der Waals surface area contributed by atoms with Gasteiger partial charge >= 0.3 is 5.97 Å². The molecule has 1 rings (SSSR count). The summed E-state index contributed by atoms with van der Waals surface area (Å²) in [6.45, 7) is 0. The molecular weight excluding hydrogens is 208 g/mol. The first-order chi connectivity index (χ1) is 6.58. The molecule has 1 N–H and O–H groups in total. The molecule has 5 nitrogen and oxygen atoms in total. The van der Waals surface area contributed by atoms with E-state index in [4.69, 9.17) is 5.11 Å². The molecule has 76 valence electrons. The van der Waals surface area contributed by atoms with E-state index in [0.717, 1.165) is 0 Å². The lowest BCUT2D eigenvalue weighted by Crippen LogP contribution is -2.01. The Balaban J connectivity index is 2.68. The van der Waals surface area contributed by atoms with Crippen LogP contribution in [0.4, 0.5) is 0 Å². The van der Waals surface area contributed by atoms with Gasteiger partial charge in [0.05, 0.1) is 6.42 Å². The molecule has 0 heterocycles. The van der Waals surface area contributed by atoms with E-state index in [9.17, 15) is 13.6 Å². The van der Waals surface area contributed by atoms with E-state index in [2.05, 4.69) is 4.18 Å². The summed E-state index contributed by atoms with van der Waals surface area (Å²) in [5.74, 6) is -0.779. The van der Waals surface area contributed by atoms with Gasteiger partial charge in [-0.05, 0) is 17.7 Å². The van der Waals surface area contributed by atoms with Crippen LogP contribution >= 0.6 is 0 Å². The van der Waals surface area contributed by atoms with Crippen molar-refractivity contribution in [2.24, 2.45) is 0 Å². The number of carboxylic acid groups (broad SMARTS) is 1. The van der Waals surface area contributed by atoms with Crippen molar-refractivity contribution in [1.82, 2.24) is 0 Å². The minimum atomic E-state index is -2.60. The van der Waals surface area contributed by atoms with Crippen LogP contribution in [0.15, 0.2) is 24.3 Å². The van der Waals surface area contributed by atoms with Crippen molar-refractivity contribution in [2.75, 3.05) is 0 Å². The molecule has 6 heteroatoms. The highest BCUT2D eigenvalue weighted by Gasteiger charge is 2.00. The number of benzene rings is 1. The summed E-state index contributed by atoms with van der Waals surface area (Å²) in [7, 11) is 0. The van der Waals surface area contributed by atoms with Crippen molar-refractivity contribution in [1.29, 1.82) is 0 Å². The molecule has 0 fully saturated rings. The maximum Gasteiger partial charge on any atom is 0.307 e. The van der Waals surface area contributed by atoms with Crippen molar-refractivity contribution >= 4 is 17.3 Å². The van der Waals surface area contributed by atoms with E-state index in [-0.39, 0.29) is 12.2 Å². The third kappa shape index (κ3) is 3.55.